The lowest BCUT2D eigenvalue weighted by Gasteiger charge is -2.34. The third-order valence-electron chi connectivity index (χ3n) is 6.20. The van der Waals surface area contributed by atoms with Crippen LogP contribution in [0.25, 0.3) is 5.76 Å². The molecule has 0 bridgehead atoms. The number of carbonyl (C=O) groups excluding carboxylic acids is 1. The molecule has 34 heavy (non-hydrogen) atoms. The fourth-order valence-electron chi connectivity index (χ4n) is 4.59. The van der Waals surface area contributed by atoms with Crippen LogP contribution < -0.4 is 10.3 Å². The molecule has 5 rings (SSSR count). The predicted molar refractivity (Wildman–Crippen MR) is 134 cm³/mol. The lowest BCUT2D eigenvalue weighted by molar-refractivity contribution is -0.128. The maximum Gasteiger partial charge on any atom is 0.259 e. The molecule has 1 fully saturated rings. The van der Waals surface area contributed by atoms with E-state index in [0.717, 1.165) is 29.3 Å². The van der Waals surface area contributed by atoms with Gasteiger partial charge in [-0.2, -0.15) is 0 Å². The van der Waals surface area contributed by atoms with Crippen molar-refractivity contribution in [3.05, 3.63) is 90.4 Å². The summed E-state index contributed by atoms with van der Waals surface area (Å²) in [5, 5.41) is 10.7. The molecule has 3 N–H and O–H groups in total. The first-order valence-electron chi connectivity index (χ1n) is 11.1. The number of aromatic amines is 2. The van der Waals surface area contributed by atoms with Crippen LogP contribution in [0.5, 0.6) is 11.6 Å². The molecule has 1 amide bonds. The topological polar surface area (TPSA) is 98.4 Å². The van der Waals surface area contributed by atoms with Gasteiger partial charge in [0.25, 0.3) is 11.5 Å². The van der Waals surface area contributed by atoms with Crippen molar-refractivity contribution in [2.45, 2.75) is 25.2 Å². The summed E-state index contributed by atoms with van der Waals surface area (Å²) in [6, 6.07) is 14.2. The second kappa shape index (κ2) is 9.23. The Hall–Kier alpha value is -3.17. The highest BCUT2D eigenvalue weighted by Crippen LogP contribution is 2.45. The molecule has 0 radical (unpaired) electrons. The third kappa shape index (κ3) is 4.10. The lowest BCUT2D eigenvalue weighted by atomic mass is 9.81. The molecular formula is C25H22BrN3O4S. The zero-order chi connectivity index (χ0) is 23.8. The van der Waals surface area contributed by atoms with E-state index in [9.17, 15) is 14.7 Å². The lowest BCUT2D eigenvalue weighted by Crippen LogP contribution is -2.40. The summed E-state index contributed by atoms with van der Waals surface area (Å²) in [5.41, 5.74) is 1.28. The summed E-state index contributed by atoms with van der Waals surface area (Å²) in [5.74, 6) is -0.585. The van der Waals surface area contributed by atoms with Crippen LogP contribution in [0, 0.1) is 4.77 Å². The average Bonchev–Trinajstić information content (AvgIpc) is 2.84. The first-order valence-corrected chi connectivity index (χ1v) is 12.3. The smallest absolute Gasteiger partial charge is 0.259 e. The van der Waals surface area contributed by atoms with Crippen molar-refractivity contribution < 1.29 is 14.6 Å². The van der Waals surface area contributed by atoms with Gasteiger partial charge in [-0.3, -0.25) is 14.6 Å². The second-order valence-corrected chi connectivity index (χ2v) is 9.67. The van der Waals surface area contributed by atoms with E-state index in [0.29, 0.717) is 24.2 Å². The van der Waals surface area contributed by atoms with E-state index in [2.05, 4.69) is 25.9 Å². The van der Waals surface area contributed by atoms with Gasteiger partial charge in [0, 0.05) is 17.6 Å². The van der Waals surface area contributed by atoms with Crippen molar-refractivity contribution in [1.29, 1.82) is 0 Å². The highest BCUT2D eigenvalue weighted by molar-refractivity contribution is 9.10. The maximum atomic E-state index is 14.0. The maximum absolute atomic E-state index is 14.0. The van der Waals surface area contributed by atoms with Crippen LogP contribution in [0.1, 0.15) is 41.9 Å². The van der Waals surface area contributed by atoms with Gasteiger partial charge in [0.05, 0.1) is 22.6 Å². The van der Waals surface area contributed by atoms with E-state index < -0.39 is 11.5 Å². The highest BCUT2D eigenvalue weighted by atomic mass is 79.9. The molecule has 3 aromatic rings. The van der Waals surface area contributed by atoms with Crippen LogP contribution in [0.15, 0.2) is 63.4 Å². The number of benzene rings is 2. The molecule has 2 aromatic carbocycles. The van der Waals surface area contributed by atoms with Gasteiger partial charge in [-0.25, -0.2) is 0 Å². The van der Waals surface area contributed by atoms with E-state index in [1.165, 1.54) is 0 Å². The van der Waals surface area contributed by atoms with Crippen molar-refractivity contribution in [3.8, 4) is 11.6 Å². The van der Waals surface area contributed by atoms with Crippen LogP contribution in [0.2, 0.25) is 0 Å². The summed E-state index contributed by atoms with van der Waals surface area (Å²) in [4.78, 5) is 34.6. The molecule has 0 aliphatic carbocycles. The van der Waals surface area contributed by atoms with Gasteiger partial charge in [-0.15, -0.1) is 0 Å². The summed E-state index contributed by atoms with van der Waals surface area (Å²) >= 11 is 8.64. The molecule has 3 heterocycles. The molecule has 9 heteroatoms. The average molecular weight is 540 g/mol. The van der Waals surface area contributed by atoms with E-state index in [-0.39, 0.29) is 33.6 Å². The quantitative estimate of drug-likeness (QED) is 0.413. The fourth-order valence-corrected chi connectivity index (χ4v) is 5.04. The third-order valence-corrected chi connectivity index (χ3v) is 6.93. The molecule has 0 saturated carbocycles. The Kier molecular flexibility index (Phi) is 6.14. The minimum absolute atomic E-state index is 0.0251. The number of likely N-dealkylation sites (tertiary alicyclic amines) is 1. The van der Waals surface area contributed by atoms with Gasteiger partial charge >= 0.3 is 0 Å². The number of aromatic hydroxyl groups is 1. The number of aromatic nitrogens is 2. The Labute approximate surface area is 209 Å². The molecule has 2 aliphatic heterocycles. The van der Waals surface area contributed by atoms with E-state index in [1.807, 2.05) is 24.3 Å². The van der Waals surface area contributed by atoms with Gasteiger partial charge in [0.2, 0.25) is 5.88 Å². The number of halogens is 1. The van der Waals surface area contributed by atoms with Crippen molar-refractivity contribution in [2.75, 3.05) is 13.1 Å². The van der Waals surface area contributed by atoms with E-state index in [1.54, 1.807) is 29.2 Å². The Morgan fingerprint density at radius 2 is 1.76 bits per heavy atom. The highest BCUT2D eigenvalue weighted by Gasteiger charge is 2.40. The standard InChI is InChI=1S/C25H22BrN3O4S/c26-15-10-8-14(9-11-15)18-19(24(32)29-12-4-1-5-13-29)21(16-6-2-3-7-17(16)30)33-23-20(18)22(31)27-25(34)28-23/h2-3,6-11,18,30H,1,4-5,12-13H2,(H2,27,28,31,34). The number of phenolic OH excluding ortho intramolecular Hbond substituents is 1. The SMILES string of the molecule is O=C(C1=C(c2ccccc2O)Oc2[nH]c(=S)[nH]c(=O)c2C1c1ccc(Br)cc1)N1CCCCC1. The number of hydrogen-bond donors (Lipinski definition) is 3. The summed E-state index contributed by atoms with van der Waals surface area (Å²) in [6.45, 7) is 1.26. The fraction of sp³-hybridized carbons (Fsp3) is 0.240. The number of amides is 1. The Balaban J connectivity index is 1.82. The van der Waals surface area contributed by atoms with E-state index in [4.69, 9.17) is 17.0 Å². The molecule has 1 saturated heterocycles. The normalized spacial score (nSPS) is 17.8. The molecule has 1 unspecified atom stereocenters. The minimum atomic E-state index is -0.725. The van der Waals surface area contributed by atoms with Crippen LogP contribution in [-0.2, 0) is 4.79 Å². The number of fused-ring (bicyclic) bond motifs is 1. The molecule has 1 aromatic heterocycles. The van der Waals surface area contributed by atoms with Crippen LogP contribution in [0.4, 0.5) is 0 Å². The van der Waals surface area contributed by atoms with Gasteiger partial charge < -0.3 is 19.7 Å². The number of phenols is 1. The van der Waals surface area contributed by atoms with Gasteiger partial charge in [-0.1, -0.05) is 40.2 Å². The number of para-hydroxylation sites is 1. The van der Waals surface area contributed by atoms with Crippen molar-refractivity contribution >= 4 is 39.8 Å². The van der Waals surface area contributed by atoms with Gasteiger partial charge in [-0.05, 0) is 61.3 Å². The van der Waals surface area contributed by atoms with Crippen molar-refractivity contribution in [3.63, 3.8) is 0 Å². The van der Waals surface area contributed by atoms with Crippen LogP contribution >= 0.6 is 28.1 Å². The van der Waals surface area contributed by atoms with Gasteiger partial charge in [0.1, 0.15) is 11.5 Å². The number of piperidine rings is 1. The molecule has 174 valence electrons. The number of H-pyrrole nitrogens is 2. The number of ether oxygens (including phenoxy) is 1. The number of carbonyl (C=O) groups is 1. The van der Waals surface area contributed by atoms with Gasteiger partial charge in [0.15, 0.2) is 4.77 Å². The molecule has 1 atom stereocenters. The Bertz CT molecular complexity index is 1400. The minimum Gasteiger partial charge on any atom is -0.507 e. The first kappa shape index (κ1) is 22.6. The predicted octanol–water partition coefficient (Wildman–Crippen LogP) is 4.85. The molecular weight excluding hydrogens is 518 g/mol. The number of nitrogens with zero attached hydrogens (tertiary/aromatic N) is 1. The zero-order valence-electron chi connectivity index (χ0n) is 18.1. The second-order valence-electron chi connectivity index (χ2n) is 8.35. The number of nitrogens with one attached hydrogen (secondary N) is 2. The van der Waals surface area contributed by atoms with Crippen molar-refractivity contribution in [2.24, 2.45) is 0 Å². The first-order chi connectivity index (χ1) is 16.4. The molecule has 7 nitrogen and oxygen atoms in total. The number of hydrogen-bond acceptors (Lipinski definition) is 5. The monoisotopic (exact) mass is 539 g/mol. The zero-order valence-corrected chi connectivity index (χ0v) is 20.5. The van der Waals surface area contributed by atoms with Crippen LogP contribution in [-0.4, -0.2) is 39.0 Å². The summed E-state index contributed by atoms with van der Waals surface area (Å²) in [7, 11) is 0. The number of rotatable bonds is 3. The summed E-state index contributed by atoms with van der Waals surface area (Å²) in [6.07, 6.45) is 2.90. The van der Waals surface area contributed by atoms with Crippen molar-refractivity contribution in [1.82, 2.24) is 14.9 Å². The molecule has 2 aliphatic rings. The van der Waals surface area contributed by atoms with Crippen LogP contribution in [0.3, 0.4) is 0 Å². The van der Waals surface area contributed by atoms with E-state index >= 15 is 0 Å². The largest absolute Gasteiger partial charge is 0.507 e. The Morgan fingerprint density at radius 1 is 1.06 bits per heavy atom. The Morgan fingerprint density at radius 3 is 2.47 bits per heavy atom. The summed E-state index contributed by atoms with van der Waals surface area (Å²) < 4.78 is 7.17. The molecule has 0 spiro atoms.